The van der Waals surface area contributed by atoms with Crippen molar-refractivity contribution < 1.29 is 37.2 Å². The third-order valence-corrected chi connectivity index (χ3v) is 6.51. The number of nitrogens with one attached hydrogen (secondary N) is 1. The molecule has 200 valence electrons. The highest BCUT2D eigenvalue weighted by Gasteiger charge is 2.37. The SMILES string of the molecule is Cc1ccc(N2C(=O)NC(=O)/C(=C\c3ccc(Oc4ccc(C(F)(F)F)cc4[N+](=O)[O-])c(Br)c3)C2=O)cc1Cl. The zero-order chi connectivity index (χ0) is 28.6. The van der Waals surface area contributed by atoms with Crippen molar-refractivity contribution in [3.05, 3.63) is 96.5 Å². The Labute approximate surface area is 231 Å². The number of ether oxygens (including phenoxy) is 1. The Morgan fingerprint density at radius 1 is 1.05 bits per heavy atom. The zero-order valence-electron chi connectivity index (χ0n) is 19.5. The molecule has 0 aromatic heterocycles. The highest BCUT2D eigenvalue weighted by atomic mass is 79.9. The lowest BCUT2D eigenvalue weighted by Gasteiger charge is -2.26. The van der Waals surface area contributed by atoms with Crippen LogP contribution in [0, 0.1) is 17.0 Å². The number of carbonyl (C=O) groups excluding carboxylic acids is 3. The van der Waals surface area contributed by atoms with Crippen LogP contribution in [0.1, 0.15) is 16.7 Å². The third-order valence-electron chi connectivity index (χ3n) is 5.49. The van der Waals surface area contributed by atoms with Gasteiger partial charge in [-0.3, -0.25) is 25.0 Å². The number of anilines is 1. The number of nitro benzene ring substituents is 1. The van der Waals surface area contributed by atoms with Gasteiger partial charge in [-0.15, -0.1) is 0 Å². The summed E-state index contributed by atoms with van der Waals surface area (Å²) >= 11 is 9.32. The molecule has 0 saturated carbocycles. The second kappa shape index (κ2) is 10.5. The Hall–Kier alpha value is -4.23. The van der Waals surface area contributed by atoms with Crippen molar-refractivity contribution in [2.75, 3.05) is 4.90 Å². The van der Waals surface area contributed by atoms with Crippen molar-refractivity contribution in [3.63, 3.8) is 0 Å². The van der Waals surface area contributed by atoms with Crippen molar-refractivity contribution in [1.29, 1.82) is 0 Å². The van der Waals surface area contributed by atoms with Crippen molar-refractivity contribution in [3.8, 4) is 11.5 Å². The predicted molar refractivity (Wildman–Crippen MR) is 138 cm³/mol. The summed E-state index contributed by atoms with van der Waals surface area (Å²) in [7, 11) is 0. The monoisotopic (exact) mass is 623 g/mol. The average Bonchev–Trinajstić information content (AvgIpc) is 2.84. The first-order valence-electron chi connectivity index (χ1n) is 10.8. The summed E-state index contributed by atoms with van der Waals surface area (Å²) in [5.74, 6) is -2.27. The topological polar surface area (TPSA) is 119 Å². The summed E-state index contributed by atoms with van der Waals surface area (Å²) < 4.78 is 44.6. The molecule has 1 heterocycles. The molecule has 1 fully saturated rings. The number of alkyl halides is 3. The van der Waals surface area contributed by atoms with E-state index >= 15 is 0 Å². The summed E-state index contributed by atoms with van der Waals surface area (Å²) in [6.07, 6.45) is -3.57. The summed E-state index contributed by atoms with van der Waals surface area (Å²) in [5.41, 5.74) is -1.32. The number of hydrogen-bond donors (Lipinski definition) is 1. The molecule has 0 aliphatic carbocycles. The van der Waals surface area contributed by atoms with Gasteiger partial charge in [-0.05, 0) is 76.5 Å². The van der Waals surface area contributed by atoms with Crippen LogP contribution >= 0.6 is 27.5 Å². The second-order valence-electron chi connectivity index (χ2n) is 8.12. The first-order chi connectivity index (χ1) is 18.3. The maximum absolute atomic E-state index is 13.1. The van der Waals surface area contributed by atoms with Crippen LogP contribution in [0.15, 0.2) is 64.6 Å². The molecule has 3 aromatic carbocycles. The Bertz CT molecular complexity index is 1590. The molecule has 0 spiro atoms. The van der Waals surface area contributed by atoms with E-state index in [1.165, 1.54) is 36.4 Å². The summed E-state index contributed by atoms with van der Waals surface area (Å²) in [5, 5.41) is 13.7. The molecule has 1 N–H and O–H groups in total. The Kier molecular flexibility index (Phi) is 7.48. The van der Waals surface area contributed by atoms with Gasteiger partial charge in [-0.1, -0.05) is 23.7 Å². The van der Waals surface area contributed by atoms with E-state index in [0.717, 1.165) is 11.0 Å². The molecule has 0 unspecified atom stereocenters. The number of halogens is 5. The smallest absolute Gasteiger partial charge is 0.416 e. The van der Waals surface area contributed by atoms with E-state index in [1.807, 2.05) is 0 Å². The lowest BCUT2D eigenvalue weighted by molar-refractivity contribution is -0.385. The number of benzene rings is 3. The molecular weight excluding hydrogens is 611 g/mol. The third kappa shape index (κ3) is 5.78. The molecule has 0 radical (unpaired) electrons. The van der Waals surface area contributed by atoms with Crippen molar-refractivity contribution in [1.82, 2.24) is 5.32 Å². The number of imide groups is 2. The van der Waals surface area contributed by atoms with E-state index in [0.29, 0.717) is 28.3 Å². The Morgan fingerprint density at radius 2 is 1.74 bits per heavy atom. The molecule has 9 nitrogen and oxygen atoms in total. The normalized spacial score (nSPS) is 15.0. The molecule has 14 heteroatoms. The van der Waals surface area contributed by atoms with Gasteiger partial charge in [-0.2, -0.15) is 13.2 Å². The minimum atomic E-state index is -4.78. The maximum Gasteiger partial charge on any atom is 0.416 e. The fourth-order valence-electron chi connectivity index (χ4n) is 3.51. The fourth-order valence-corrected chi connectivity index (χ4v) is 4.16. The summed E-state index contributed by atoms with van der Waals surface area (Å²) in [6, 6.07) is 9.53. The Morgan fingerprint density at radius 3 is 2.36 bits per heavy atom. The first kappa shape index (κ1) is 27.8. The standard InChI is InChI=1S/C25H14BrClF3N3O6/c1-12-2-5-15(11-18(12)27)32-23(35)16(22(34)31-24(32)36)8-13-3-6-20(17(26)9-13)39-21-7-4-14(25(28,29)30)10-19(21)33(37)38/h2-11H,1H3,(H,31,34,36)/b16-8+. The van der Waals surface area contributed by atoms with Gasteiger partial charge in [0.2, 0.25) is 5.75 Å². The van der Waals surface area contributed by atoms with E-state index in [4.69, 9.17) is 16.3 Å². The lowest BCUT2D eigenvalue weighted by atomic mass is 10.1. The van der Waals surface area contributed by atoms with Gasteiger partial charge >= 0.3 is 17.9 Å². The van der Waals surface area contributed by atoms with Gasteiger partial charge in [0.1, 0.15) is 11.3 Å². The molecule has 1 aliphatic heterocycles. The van der Waals surface area contributed by atoms with E-state index in [1.54, 1.807) is 13.0 Å². The van der Waals surface area contributed by atoms with Gasteiger partial charge in [0.25, 0.3) is 11.8 Å². The Balaban J connectivity index is 1.64. The highest BCUT2D eigenvalue weighted by molar-refractivity contribution is 9.10. The number of aryl methyl sites for hydroxylation is 1. The van der Waals surface area contributed by atoms with Gasteiger partial charge in [0, 0.05) is 11.1 Å². The van der Waals surface area contributed by atoms with Crippen molar-refractivity contribution >= 4 is 62.8 Å². The highest BCUT2D eigenvalue weighted by Crippen LogP contribution is 2.39. The van der Waals surface area contributed by atoms with Crippen LogP contribution in [0.4, 0.5) is 29.3 Å². The van der Waals surface area contributed by atoms with E-state index < -0.39 is 45.9 Å². The van der Waals surface area contributed by atoms with Gasteiger partial charge in [0.15, 0.2) is 0 Å². The largest absolute Gasteiger partial charge is 0.449 e. The van der Waals surface area contributed by atoms with Crippen LogP contribution in [0.3, 0.4) is 0 Å². The number of nitro groups is 1. The first-order valence-corrected chi connectivity index (χ1v) is 11.9. The molecule has 0 bridgehead atoms. The summed E-state index contributed by atoms with van der Waals surface area (Å²) in [6.45, 7) is 1.74. The molecule has 3 aromatic rings. The molecule has 39 heavy (non-hydrogen) atoms. The predicted octanol–water partition coefficient (Wildman–Crippen LogP) is 6.80. The zero-order valence-corrected chi connectivity index (χ0v) is 21.8. The minimum Gasteiger partial charge on any atom is -0.449 e. The van der Waals surface area contributed by atoms with Crippen LogP contribution < -0.4 is 15.0 Å². The summed E-state index contributed by atoms with van der Waals surface area (Å²) in [4.78, 5) is 49.0. The van der Waals surface area contributed by atoms with Gasteiger partial charge in [0.05, 0.1) is 20.6 Å². The van der Waals surface area contributed by atoms with E-state index in [-0.39, 0.29) is 21.5 Å². The molecule has 1 saturated heterocycles. The van der Waals surface area contributed by atoms with Crippen LogP contribution in [0.5, 0.6) is 11.5 Å². The van der Waals surface area contributed by atoms with Crippen molar-refractivity contribution in [2.45, 2.75) is 13.1 Å². The number of nitrogens with zero attached hydrogens (tertiary/aromatic N) is 2. The van der Waals surface area contributed by atoms with Crippen molar-refractivity contribution in [2.24, 2.45) is 0 Å². The number of barbiturate groups is 1. The number of hydrogen-bond acceptors (Lipinski definition) is 6. The quantitative estimate of drug-likeness (QED) is 0.144. The molecule has 1 aliphatic rings. The van der Waals surface area contributed by atoms with Crippen LogP contribution in [-0.4, -0.2) is 22.8 Å². The lowest BCUT2D eigenvalue weighted by Crippen LogP contribution is -2.54. The minimum absolute atomic E-state index is 0.00512. The maximum atomic E-state index is 13.1. The van der Waals surface area contributed by atoms with Crippen LogP contribution in [0.25, 0.3) is 6.08 Å². The number of amides is 4. The fraction of sp³-hybridized carbons (Fsp3) is 0.0800. The van der Waals surface area contributed by atoms with E-state index in [2.05, 4.69) is 21.2 Å². The molecular formula is C25H14BrClF3N3O6. The number of rotatable bonds is 5. The van der Waals surface area contributed by atoms with Crippen LogP contribution in [0.2, 0.25) is 5.02 Å². The average molecular weight is 625 g/mol. The number of urea groups is 1. The molecule has 0 atom stereocenters. The van der Waals surface area contributed by atoms with Gasteiger partial charge in [-0.25, -0.2) is 9.69 Å². The second-order valence-corrected chi connectivity index (χ2v) is 9.38. The van der Waals surface area contributed by atoms with Gasteiger partial charge < -0.3 is 4.74 Å². The number of carbonyl (C=O) groups is 3. The molecule has 4 amide bonds. The van der Waals surface area contributed by atoms with Crippen LogP contribution in [-0.2, 0) is 15.8 Å². The van der Waals surface area contributed by atoms with E-state index in [9.17, 15) is 37.7 Å². The molecule has 4 rings (SSSR count).